The molecule has 0 saturated carbocycles. The summed E-state index contributed by atoms with van der Waals surface area (Å²) in [5, 5.41) is 11.5. The van der Waals surface area contributed by atoms with Gasteiger partial charge in [0.1, 0.15) is 5.75 Å². The number of rotatable bonds is 4. The van der Waals surface area contributed by atoms with E-state index in [1.54, 1.807) is 24.3 Å². The molecule has 4 heteroatoms. The Hall–Kier alpha value is -2.36. The molecule has 0 aliphatic carbocycles. The van der Waals surface area contributed by atoms with Crippen molar-refractivity contribution in [3.8, 4) is 5.75 Å². The molecule has 0 aromatic heterocycles. The standard InChI is InChI=1S/C14H13NO3/c15-13(17)8-7-12(16)11-6-5-9-3-1-2-4-10(9)14(11)18/h1-6,18H,7-8H2,(H2,15,17). The van der Waals surface area contributed by atoms with Crippen molar-refractivity contribution in [2.75, 3.05) is 0 Å². The Labute approximate surface area is 104 Å². The second-order valence-electron chi connectivity index (χ2n) is 4.07. The number of nitrogens with two attached hydrogens (primary N) is 1. The Morgan fingerprint density at radius 3 is 2.50 bits per heavy atom. The summed E-state index contributed by atoms with van der Waals surface area (Å²) in [5.41, 5.74) is 5.23. The molecular formula is C14H13NO3. The normalized spacial score (nSPS) is 10.4. The van der Waals surface area contributed by atoms with Gasteiger partial charge in [-0.05, 0) is 11.5 Å². The van der Waals surface area contributed by atoms with Gasteiger partial charge < -0.3 is 10.8 Å². The smallest absolute Gasteiger partial charge is 0.217 e. The first kappa shape index (κ1) is 12.1. The van der Waals surface area contributed by atoms with E-state index in [0.717, 1.165) is 5.39 Å². The number of aromatic hydroxyl groups is 1. The molecule has 0 atom stereocenters. The molecule has 0 fully saturated rings. The Morgan fingerprint density at radius 2 is 1.78 bits per heavy atom. The molecule has 4 nitrogen and oxygen atoms in total. The molecule has 92 valence electrons. The van der Waals surface area contributed by atoms with Gasteiger partial charge in [-0.25, -0.2) is 0 Å². The van der Waals surface area contributed by atoms with Crippen molar-refractivity contribution >= 4 is 22.5 Å². The maximum Gasteiger partial charge on any atom is 0.217 e. The molecule has 0 aliphatic heterocycles. The number of carbonyl (C=O) groups is 2. The van der Waals surface area contributed by atoms with Crippen molar-refractivity contribution in [1.29, 1.82) is 0 Å². The number of phenols is 1. The number of phenolic OH excluding ortho intramolecular Hbond substituents is 1. The highest BCUT2D eigenvalue weighted by Crippen LogP contribution is 2.29. The van der Waals surface area contributed by atoms with Crippen LogP contribution in [0, 0.1) is 0 Å². The molecule has 0 saturated heterocycles. The van der Waals surface area contributed by atoms with Crippen molar-refractivity contribution in [2.45, 2.75) is 12.8 Å². The average Bonchev–Trinajstić information content (AvgIpc) is 2.37. The Morgan fingerprint density at radius 1 is 1.06 bits per heavy atom. The van der Waals surface area contributed by atoms with Crippen LogP contribution in [0.2, 0.25) is 0 Å². The lowest BCUT2D eigenvalue weighted by Crippen LogP contribution is -2.12. The van der Waals surface area contributed by atoms with Gasteiger partial charge in [-0.1, -0.05) is 30.3 Å². The van der Waals surface area contributed by atoms with Gasteiger partial charge in [0.15, 0.2) is 5.78 Å². The Kier molecular flexibility index (Phi) is 3.28. The minimum atomic E-state index is -0.524. The van der Waals surface area contributed by atoms with Crippen molar-refractivity contribution in [3.05, 3.63) is 42.0 Å². The van der Waals surface area contributed by atoms with E-state index in [9.17, 15) is 14.7 Å². The molecule has 2 aromatic carbocycles. The van der Waals surface area contributed by atoms with Crippen molar-refractivity contribution < 1.29 is 14.7 Å². The summed E-state index contributed by atoms with van der Waals surface area (Å²) in [4.78, 5) is 22.5. The average molecular weight is 243 g/mol. The zero-order valence-corrected chi connectivity index (χ0v) is 9.72. The number of benzene rings is 2. The first-order valence-electron chi connectivity index (χ1n) is 5.62. The van der Waals surface area contributed by atoms with Gasteiger partial charge in [-0.3, -0.25) is 9.59 Å². The maximum absolute atomic E-state index is 11.8. The summed E-state index contributed by atoms with van der Waals surface area (Å²) in [7, 11) is 0. The van der Waals surface area contributed by atoms with E-state index in [1.807, 2.05) is 12.1 Å². The number of carbonyl (C=O) groups excluding carboxylic acids is 2. The Bertz CT molecular complexity index is 619. The van der Waals surface area contributed by atoms with Crippen LogP contribution in [0.5, 0.6) is 5.75 Å². The summed E-state index contributed by atoms with van der Waals surface area (Å²) in [6, 6.07) is 10.6. The molecule has 0 spiro atoms. The zero-order valence-electron chi connectivity index (χ0n) is 9.72. The third-order valence-electron chi connectivity index (χ3n) is 2.80. The predicted octanol–water partition coefficient (Wildman–Crippen LogP) is 1.99. The fraction of sp³-hybridized carbons (Fsp3) is 0.143. The molecule has 0 radical (unpaired) electrons. The molecule has 3 N–H and O–H groups in total. The molecule has 1 amide bonds. The number of hydrogen-bond acceptors (Lipinski definition) is 3. The van der Waals surface area contributed by atoms with Gasteiger partial charge >= 0.3 is 0 Å². The van der Waals surface area contributed by atoms with Crippen LogP contribution in [-0.4, -0.2) is 16.8 Å². The van der Waals surface area contributed by atoms with Crippen LogP contribution in [0.4, 0.5) is 0 Å². The second kappa shape index (κ2) is 4.87. The number of Topliss-reactive ketones (excluding diaryl/α,β-unsaturated/α-hetero) is 1. The molecular weight excluding hydrogens is 230 g/mol. The summed E-state index contributed by atoms with van der Waals surface area (Å²) in [5.74, 6) is -0.844. The van der Waals surface area contributed by atoms with Crippen molar-refractivity contribution in [1.82, 2.24) is 0 Å². The van der Waals surface area contributed by atoms with Crippen LogP contribution in [-0.2, 0) is 4.79 Å². The van der Waals surface area contributed by atoms with Crippen LogP contribution in [0.15, 0.2) is 36.4 Å². The summed E-state index contributed by atoms with van der Waals surface area (Å²) < 4.78 is 0. The lowest BCUT2D eigenvalue weighted by Gasteiger charge is -2.06. The van der Waals surface area contributed by atoms with E-state index in [4.69, 9.17) is 5.73 Å². The van der Waals surface area contributed by atoms with Gasteiger partial charge in [-0.15, -0.1) is 0 Å². The van der Waals surface area contributed by atoms with E-state index < -0.39 is 5.91 Å². The molecule has 0 heterocycles. The third-order valence-corrected chi connectivity index (χ3v) is 2.80. The second-order valence-corrected chi connectivity index (χ2v) is 4.07. The first-order chi connectivity index (χ1) is 8.59. The van der Waals surface area contributed by atoms with Gasteiger partial charge in [-0.2, -0.15) is 0 Å². The fourth-order valence-corrected chi connectivity index (χ4v) is 1.85. The molecule has 0 aliphatic rings. The number of fused-ring (bicyclic) bond motifs is 1. The highest BCUT2D eigenvalue weighted by atomic mass is 16.3. The summed E-state index contributed by atoms with van der Waals surface area (Å²) >= 11 is 0. The highest BCUT2D eigenvalue weighted by Gasteiger charge is 2.14. The summed E-state index contributed by atoms with van der Waals surface area (Å²) in [6.45, 7) is 0. The molecule has 18 heavy (non-hydrogen) atoms. The monoisotopic (exact) mass is 243 g/mol. The zero-order chi connectivity index (χ0) is 13.1. The van der Waals surface area contributed by atoms with Gasteiger partial charge in [0.25, 0.3) is 0 Å². The van der Waals surface area contributed by atoms with E-state index >= 15 is 0 Å². The van der Waals surface area contributed by atoms with Crippen LogP contribution >= 0.6 is 0 Å². The predicted molar refractivity (Wildman–Crippen MR) is 68.4 cm³/mol. The SMILES string of the molecule is NC(=O)CCC(=O)c1ccc2ccccc2c1O. The molecule has 0 bridgehead atoms. The number of primary amides is 1. The van der Waals surface area contributed by atoms with Crippen molar-refractivity contribution in [3.63, 3.8) is 0 Å². The lowest BCUT2D eigenvalue weighted by molar-refractivity contribution is -0.118. The largest absolute Gasteiger partial charge is 0.507 e. The molecule has 0 unspecified atom stereocenters. The third kappa shape index (κ3) is 2.32. The van der Waals surface area contributed by atoms with Crippen molar-refractivity contribution in [2.24, 2.45) is 5.73 Å². The number of amides is 1. The van der Waals surface area contributed by atoms with Gasteiger partial charge in [0, 0.05) is 18.2 Å². The lowest BCUT2D eigenvalue weighted by atomic mass is 10.0. The maximum atomic E-state index is 11.8. The minimum Gasteiger partial charge on any atom is -0.507 e. The van der Waals surface area contributed by atoms with Crippen LogP contribution in [0.1, 0.15) is 23.2 Å². The topological polar surface area (TPSA) is 80.4 Å². The highest BCUT2D eigenvalue weighted by molar-refractivity contribution is 6.05. The van der Waals surface area contributed by atoms with Crippen LogP contribution < -0.4 is 5.73 Å². The van der Waals surface area contributed by atoms with E-state index in [-0.39, 0.29) is 29.9 Å². The van der Waals surface area contributed by atoms with E-state index in [0.29, 0.717) is 5.39 Å². The van der Waals surface area contributed by atoms with E-state index in [2.05, 4.69) is 0 Å². The van der Waals surface area contributed by atoms with Gasteiger partial charge in [0.05, 0.1) is 5.56 Å². The van der Waals surface area contributed by atoms with Crippen LogP contribution in [0.3, 0.4) is 0 Å². The fourth-order valence-electron chi connectivity index (χ4n) is 1.85. The van der Waals surface area contributed by atoms with E-state index in [1.165, 1.54) is 0 Å². The summed E-state index contributed by atoms with van der Waals surface area (Å²) in [6.07, 6.45) is 0.00628. The number of ketones is 1. The number of hydrogen-bond donors (Lipinski definition) is 2. The molecule has 2 aromatic rings. The quantitative estimate of drug-likeness (QED) is 0.806. The van der Waals surface area contributed by atoms with Gasteiger partial charge in [0.2, 0.25) is 5.91 Å². The van der Waals surface area contributed by atoms with Crippen LogP contribution in [0.25, 0.3) is 10.8 Å². The Balaban J connectivity index is 2.37. The molecule has 2 rings (SSSR count). The minimum absolute atomic E-state index is 0.00883. The first-order valence-corrected chi connectivity index (χ1v) is 5.62.